The molecule has 1 aliphatic heterocycles. The number of aliphatic imine (C=N–C) groups is 1. The first-order valence-corrected chi connectivity index (χ1v) is 11.7. The third kappa shape index (κ3) is 6.87. The van der Waals surface area contributed by atoms with Crippen LogP contribution in [0, 0.1) is 5.92 Å². The highest BCUT2D eigenvalue weighted by Crippen LogP contribution is 2.30. The molecule has 30 heavy (non-hydrogen) atoms. The summed E-state index contributed by atoms with van der Waals surface area (Å²) in [4.78, 5) is 4.55. The lowest BCUT2D eigenvalue weighted by atomic mass is 9.98. The number of guanidine groups is 1. The predicted molar refractivity (Wildman–Crippen MR) is 113 cm³/mol. The van der Waals surface area contributed by atoms with Gasteiger partial charge in [0.05, 0.1) is 0 Å². The van der Waals surface area contributed by atoms with E-state index < -0.39 is 15.5 Å². The van der Waals surface area contributed by atoms with E-state index in [9.17, 15) is 21.6 Å². The molecule has 0 radical (unpaired) electrons. The van der Waals surface area contributed by atoms with Gasteiger partial charge in [-0.05, 0) is 43.6 Å². The largest absolute Gasteiger partial charge is 0.511 e. The Bertz CT molecular complexity index is 777. The number of nitrogens with zero attached hydrogens (tertiary/aromatic N) is 2. The number of hydrogen-bond donors (Lipinski definition) is 2. The molecule has 2 rings (SSSR count). The second-order valence-corrected chi connectivity index (χ2v) is 9.47. The van der Waals surface area contributed by atoms with Crippen LogP contribution in [0.25, 0.3) is 0 Å². The third-order valence-corrected chi connectivity index (χ3v) is 6.93. The van der Waals surface area contributed by atoms with Crippen LogP contribution in [0.5, 0.6) is 0 Å². The Morgan fingerprint density at radius 3 is 2.40 bits per heavy atom. The zero-order valence-electron chi connectivity index (χ0n) is 17.5. The third-order valence-electron chi connectivity index (χ3n) is 5.30. The fourth-order valence-corrected chi connectivity index (χ4v) is 4.38. The summed E-state index contributed by atoms with van der Waals surface area (Å²) < 4.78 is 61.5. The number of rotatable bonds is 8. The van der Waals surface area contributed by atoms with Crippen molar-refractivity contribution < 1.29 is 21.6 Å². The molecule has 1 heterocycles. The first-order chi connectivity index (χ1) is 14.1. The molecular formula is C20H31F3N4O2S. The van der Waals surface area contributed by atoms with Gasteiger partial charge < -0.3 is 10.6 Å². The van der Waals surface area contributed by atoms with Crippen LogP contribution < -0.4 is 10.6 Å². The van der Waals surface area contributed by atoms with Crippen LogP contribution in [-0.4, -0.2) is 56.9 Å². The molecule has 1 atom stereocenters. The van der Waals surface area contributed by atoms with E-state index in [0.29, 0.717) is 42.1 Å². The van der Waals surface area contributed by atoms with Crippen molar-refractivity contribution in [2.24, 2.45) is 10.9 Å². The van der Waals surface area contributed by atoms with E-state index in [0.717, 1.165) is 13.0 Å². The predicted octanol–water partition coefficient (Wildman–Crippen LogP) is 3.30. The molecule has 1 saturated heterocycles. The van der Waals surface area contributed by atoms with E-state index >= 15 is 0 Å². The maximum atomic E-state index is 12.7. The Balaban J connectivity index is 1.81. The topological polar surface area (TPSA) is 73.8 Å². The minimum Gasteiger partial charge on any atom is -0.357 e. The molecule has 0 amide bonds. The van der Waals surface area contributed by atoms with E-state index in [1.165, 1.54) is 5.56 Å². The molecule has 0 aliphatic carbocycles. The van der Waals surface area contributed by atoms with Crippen molar-refractivity contribution in [2.45, 2.75) is 44.5 Å². The van der Waals surface area contributed by atoms with Crippen molar-refractivity contribution in [3.8, 4) is 0 Å². The van der Waals surface area contributed by atoms with Crippen molar-refractivity contribution in [1.82, 2.24) is 14.9 Å². The van der Waals surface area contributed by atoms with Gasteiger partial charge in [-0.3, -0.25) is 4.99 Å². The average Bonchev–Trinajstić information content (AvgIpc) is 2.72. The van der Waals surface area contributed by atoms with Crippen LogP contribution in [0.4, 0.5) is 13.2 Å². The Labute approximate surface area is 177 Å². The van der Waals surface area contributed by atoms with Gasteiger partial charge in [0.1, 0.15) is 0 Å². The number of sulfonamides is 1. The maximum absolute atomic E-state index is 12.7. The summed E-state index contributed by atoms with van der Waals surface area (Å²) in [5.41, 5.74) is -3.96. The molecule has 1 unspecified atom stereocenters. The first-order valence-electron chi connectivity index (χ1n) is 10.3. The number of hydrogen-bond acceptors (Lipinski definition) is 3. The van der Waals surface area contributed by atoms with E-state index in [4.69, 9.17) is 0 Å². The Hall–Kier alpha value is -1.81. The summed E-state index contributed by atoms with van der Waals surface area (Å²) in [6.07, 6.45) is 1.66. The lowest BCUT2D eigenvalue weighted by Gasteiger charge is -2.30. The second-order valence-electron chi connectivity index (χ2n) is 7.54. The lowest BCUT2D eigenvalue weighted by Crippen LogP contribution is -2.45. The quantitative estimate of drug-likeness (QED) is 0.473. The Morgan fingerprint density at radius 2 is 1.83 bits per heavy atom. The Morgan fingerprint density at radius 1 is 1.20 bits per heavy atom. The molecule has 1 fully saturated rings. The van der Waals surface area contributed by atoms with Crippen LogP contribution in [0.15, 0.2) is 35.3 Å². The van der Waals surface area contributed by atoms with Gasteiger partial charge in [0, 0.05) is 32.7 Å². The zero-order chi connectivity index (χ0) is 22.2. The van der Waals surface area contributed by atoms with Gasteiger partial charge in [-0.1, -0.05) is 37.3 Å². The monoisotopic (exact) mass is 448 g/mol. The fraction of sp³-hybridized carbons (Fsp3) is 0.650. The van der Waals surface area contributed by atoms with Gasteiger partial charge >= 0.3 is 15.5 Å². The standard InChI is InChI=1S/C20H31F3N4O2S/c1-3-24-19(25-12-9-16(2)18-7-5-4-6-8-18)26-15-17-10-13-27(14-11-17)30(28,29)20(21,22)23/h4-8,16-17H,3,9-15H2,1-2H3,(H2,24,25,26). The number of benzene rings is 1. The molecule has 0 bridgehead atoms. The van der Waals surface area contributed by atoms with Crippen LogP contribution in [-0.2, 0) is 10.0 Å². The molecular weight excluding hydrogens is 417 g/mol. The lowest BCUT2D eigenvalue weighted by molar-refractivity contribution is -0.0496. The van der Waals surface area contributed by atoms with E-state index in [1.807, 2.05) is 25.1 Å². The molecule has 2 N–H and O–H groups in total. The van der Waals surface area contributed by atoms with Crippen LogP contribution in [0.2, 0.25) is 0 Å². The minimum atomic E-state index is -5.24. The summed E-state index contributed by atoms with van der Waals surface area (Å²) >= 11 is 0. The average molecular weight is 449 g/mol. The molecule has 1 aromatic carbocycles. The van der Waals surface area contributed by atoms with E-state index in [2.05, 4.69) is 34.7 Å². The highest BCUT2D eigenvalue weighted by atomic mass is 32.2. The fourth-order valence-electron chi connectivity index (χ4n) is 3.40. The van der Waals surface area contributed by atoms with Crippen molar-refractivity contribution >= 4 is 16.0 Å². The van der Waals surface area contributed by atoms with Gasteiger partial charge in [-0.15, -0.1) is 0 Å². The summed E-state index contributed by atoms with van der Waals surface area (Å²) in [5.74, 6) is 1.13. The molecule has 0 saturated carbocycles. The highest BCUT2D eigenvalue weighted by molar-refractivity contribution is 7.90. The summed E-state index contributed by atoms with van der Waals surface area (Å²) in [7, 11) is -5.23. The molecule has 0 spiro atoms. The van der Waals surface area contributed by atoms with E-state index in [1.54, 1.807) is 0 Å². The number of halogens is 3. The summed E-state index contributed by atoms with van der Waals surface area (Å²) in [6, 6.07) is 10.3. The normalized spacial score (nSPS) is 18.2. The van der Waals surface area contributed by atoms with Crippen molar-refractivity contribution in [1.29, 1.82) is 0 Å². The van der Waals surface area contributed by atoms with Crippen LogP contribution >= 0.6 is 0 Å². The first kappa shape index (κ1) is 24.5. The number of alkyl halides is 3. The molecule has 10 heteroatoms. The Kier molecular flexibility index (Phi) is 8.96. The molecule has 1 aliphatic rings. The molecule has 170 valence electrons. The SMILES string of the molecule is CCNC(=NCC1CCN(S(=O)(=O)C(F)(F)F)CC1)NCCC(C)c1ccccc1. The zero-order valence-corrected chi connectivity index (χ0v) is 18.3. The maximum Gasteiger partial charge on any atom is 0.511 e. The molecule has 6 nitrogen and oxygen atoms in total. The van der Waals surface area contributed by atoms with Crippen molar-refractivity contribution in [2.75, 3.05) is 32.7 Å². The summed E-state index contributed by atoms with van der Waals surface area (Å²) in [5, 5.41) is 6.47. The molecule has 0 aromatic heterocycles. The van der Waals surface area contributed by atoms with Gasteiger partial charge in [0.15, 0.2) is 5.96 Å². The second kappa shape index (κ2) is 11.0. The highest BCUT2D eigenvalue weighted by Gasteiger charge is 2.50. The van der Waals surface area contributed by atoms with Gasteiger partial charge in [-0.2, -0.15) is 17.5 Å². The smallest absolute Gasteiger partial charge is 0.357 e. The minimum absolute atomic E-state index is 0.0587. The van der Waals surface area contributed by atoms with Crippen LogP contribution in [0.1, 0.15) is 44.6 Å². The van der Waals surface area contributed by atoms with Gasteiger partial charge in [-0.25, -0.2) is 8.42 Å². The van der Waals surface area contributed by atoms with E-state index in [-0.39, 0.29) is 19.0 Å². The van der Waals surface area contributed by atoms with Crippen molar-refractivity contribution in [3.63, 3.8) is 0 Å². The number of piperidine rings is 1. The van der Waals surface area contributed by atoms with Crippen molar-refractivity contribution in [3.05, 3.63) is 35.9 Å². The van der Waals surface area contributed by atoms with Gasteiger partial charge in [0.25, 0.3) is 0 Å². The van der Waals surface area contributed by atoms with Crippen LogP contribution in [0.3, 0.4) is 0 Å². The summed E-state index contributed by atoms with van der Waals surface area (Å²) in [6.45, 7) is 5.77. The molecule has 1 aromatic rings. The van der Waals surface area contributed by atoms with Gasteiger partial charge in [0.2, 0.25) is 0 Å². The number of nitrogens with one attached hydrogen (secondary N) is 2.